The van der Waals surface area contributed by atoms with Crippen LogP contribution in [0.2, 0.25) is 0 Å². The van der Waals surface area contributed by atoms with Gasteiger partial charge < -0.3 is 0 Å². The van der Waals surface area contributed by atoms with E-state index in [0.717, 1.165) is 4.47 Å². The molecule has 0 nitrogen and oxygen atoms in total. The zero-order chi connectivity index (χ0) is 8.43. The second-order valence-corrected chi connectivity index (χ2v) is 6.17. The molecule has 0 unspecified atom stereocenters. The summed E-state index contributed by atoms with van der Waals surface area (Å²) in [6.45, 7) is 2.09. The second kappa shape index (κ2) is 4.06. The molecule has 0 spiro atoms. The average Bonchev–Trinajstić information content (AvgIpc) is 1.94. The molecule has 1 aromatic carbocycles. The highest BCUT2D eigenvalue weighted by atomic mass is 79.9. The quantitative estimate of drug-likeness (QED) is 0.657. The molecule has 60 valence electrons. The van der Waals surface area contributed by atoms with Crippen LogP contribution >= 0.6 is 47.8 Å². The van der Waals surface area contributed by atoms with Crippen LogP contribution in [0, 0.1) is 6.92 Å². The van der Waals surface area contributed by atoms with Crippen LogP contribution in [-0.4, -0.2) is 0 Å². The first-order valence-corrected chi connectivity index (χ1v) is 5.78. The van der Waals surface area contributed by atoms with E-state index in [4.69, 9.17) is 0 Å². The lowest BCUT2D eigenvalue weighted by Gasteiger charge is -2.07. The number of benzene rings is 1. The van der Waals surface area contributed by atoms with Crippen LogP contribution in [0.25, 0.3) is 0 Å². The molecule has 1 aromatic rings. The predicted molar refractivity (Wildman–Crippen MR) is 59.5 cm³/mol. The number of rotatable bonds is 1. The number of hydrogen-bond donors (Lipinski definition) is 0. The minimum absolute atomic E-state index is 0.243. The molecule has 0 fully saturated rings. The monoisotopic (exact) mass is 340 g/mol. The second-order valence-electron chi connectivity index (χ2n) is 2.25. The molecule has 0 atom stereocenters. The first kappa shape index (κ1) is 9.75. The van der Waals surface area contributed by atoms with Crippen molar-refractivity contribution in [1.29, 1.82) is 0 Å². The molecule has 3 heteroatoms. The van der Waals surface area contributed by atoms with E-state index in [1.54, 1.807) is 0 Å². The third-order valence-corrected chi connectivity index (χ3v) is 3.39. The summed E-state index contributed by atoms with van der Waals surface area (Å²) in [7, 11) is 0. The Labute approximate surface area is 91.8 Å². The van der Waals surface area contributed by atoms with Gasteiger partial charge in [-0.3, -0.25) is 0 Å². The molecule has 0 aliphatic rings. The van der Waals surface area contributed by atoms with Crippen molar-refractivity contribution in [2.45, 2.75) is 10.7 Å². The van der Waals surface area contributed by atoms with Crippen molar-refractivity contribution in [3.8, 4) is 0 Å². The molecule has 0 aromatic heterocycles. The molecule has 0 aliphatic heterocycles. The third kappa shape index (κ3) is 2.30. The van der Waals surface area contributed by atoms with Gasteiger partial charge in [0.25, 0.3) is 0 Å². The Bertz CT molecular complexity index is 256. The van der Waals surface area contributed by atoms with Crippen molar-refractivity contribution >= 4 is 47.8 Å². The summed E-state index contributed by atoms with van der Waals surface area (Å²) in [5.41, 5.74) is 2.53. The lowest BCUT2D eigenvalue weighted by molar-refractivity contribution is 1.29. The van der Waals surface area contributed by atoms with Gasteiger partial charge in [-0.25, -0.2) is 0 Å². The molecule has 0 heterocycles. The summed E-state index contributed by atoms with van der Waals surface area (Å²) >= 11 is 10.4. The Morgan fingerprint density at radius 1 is 1.27 bits per heavy atom. The van der Waals surface area contributed by atoms with Crippen molar-refractivity contribution in [2.24, 2.45) is 0 Å². The summed E-state index contributed by atoms with van der Waals surface area (Å²) < 4.78 is 1.39. The van der Waals surface area contributed by atoms with Gasteiger partial charge in [0.2, 0.25) is 0 Å². The first-order valence-electron chi connectivity index (χ1n) is 3.16. The van der Waals surface area contributed by atoms with Crippen molar-refractivity contribution in [2.75, 3.05) is 0 Å². The Balaban J connectivity index is 3.17. The van der Waals surface area contributed by atoms with Crippen molar-refractivity contribution in [3.63, 3.8) is 0 Å². The fourth-order valence-electron chi connectivity index (χ4n) is 0.861. The fraction of sp³-hybridized carbons (Fsp3) is 0.250. The minimum Gasteiger partial charge on any atom is -0.0712 e. The maximum Gasteiger partial charge on any atom is 0.0949 e. The lowest BCUT2D eigenvalue weighted by atomic mass is 10.1. The number of hydrogen-bond acceptors (Lipinski definition) is 0. The van der Waals surface area contributed by atoms with Crippen LogP contribution in [0.15, 0.2) is 22.7 Å². The zero-order valence-corrected chi connectivity index (χ0v) is 10.7. The zero-order valence-electron chi connectivity index (χ0n) is 5.94. The van der Waals surface area contributed by atoms with Crippen LogP contribution in [-0.2, 0) is 0 Å². The minimum atomic E-state index is 0.243. The smallest absolute Gasteiger partial charge is 0.0712 e. The Kier molecular flexibility index (Phi) is 3.59. The van der Waals surface area contributed by atoms with E-state index in [-0.39, 0.29) is 3.74 Å². The molecule has 0 aliphatic carbocycles. The average molecular weight is 343 g/mol. The van der Waals surface area contributed by atoms with Gasteiger partial charge in [-0.2, -0.15) is 0 Å². The van der Waals surface area contributed by atoms with E-state index in [1.807, 2.05) is 12.1 Å². The first-order chi connectivity index (χ1) is 5.13. The molecule has 0 saturated heterocycles. The van der Waals surface area contributed by atoms with E-state index in [9.17, 15) is 0 Å². The summed E-state index contributed by atoms with van der Waals surface area (Å²) in [6, 6.07) is 6.16. The third-order valence-electron chi connectivity index (χ3n) is 1.54. The summed E-state index contributed by atoms with van der Waals surface area (Å²) in [6.07, 6.45) is 0. The lowest BCUT2D eigenvalue weighted by Crippen LogP contribution is -1.86. The molecule has 11 heavy (non-hydrogen) atoms. The maximum absolute atomic E-state index is 3.47. The maximum atomic E-state index is 3.47. The van der Waals surface area contributed by atoms with Crippen molar-refractivity contribution in [3.05, 3.63) is 33.8 Å². The Morgan fingerprint density at radius 2 is 1.91 bits per heavy atom. The van der Waals surface area contributed by atoms with Gasteiger partial charge in [-0.1, -0.05) is 59.9 Å². The molecular weight excluding hydrogens is 336 g/mol. The highest BCUT2D eigenvalue weighted by molar-refractivity contribution is 9.24. The standard InChI is InChI=1S/C8H7Br3/c1-5-6(8(10)11)3-2-4-7(5)9/h2-4,8H,1H3. The van der Waals surface area contributed by atoms with Gasteiger partial charge in [-0.15, -0.1) is 0 Å². The van der Waals surface area contributed by atoms with Crippen LogP contribution in [0.5, 0.6) is 0 Å². The molecule has 0 radical (unpaired) electrons. The van der Waals surface area contributed by atoms with Crippen molar-refractivity contribution < 1.29 is 0 Å². The molecule has 0 amide bonds. The van der Waals surface area contributed by atoms with Gasteiger partial charge in [0.1, 0.15) is 0 Å². The van der Waals surface area contributed by atoms with Gasteiger partial charge in [0.05, 0.1) is 3.74 Å². The highest BCUT2D eigenvalue weighted by Crippen LogP contribution is 2.33. The molecule has 0 bridgehead atoms. The SMILES string of the molecule is Cc1c(Br)cccc1C(Br)Br. The van der Waals surface area contributed by atoms with Gasteiger partial charge in [0.15, 0.2) is 0 Å². The van der Waals surface area contributed by atoms with Gasteiger partial charge >= 0.3 is 0 Å². The van der Waals surface area contributed by atoms with E-state index in [1.165, 1.54) is 11.1 Å². The normalized spacial score (nSPS) is 10.6. The molecule has 0 saturated carbocycles. The van der Waals surface area contributed by atoms with E-state index < -0.39 is 0 Å². The van der Waals surface area contributed by atoms with E-state index in [2.05, 4.69) is 60.8 Å². The van der Waals surface area contributed by atoms with Gasteiger partial charge in [0, 0.05) is 4.47 Å². The number of halogens is 3. The number of alkyl halides is 2. The Morgan fingerprint density at radius 3 is 2.36 bits per heavy atom. The largest absolute Gasteiger partial charge is 0.0949 e. The molecule has 1 rings (SSSR count). The molecule has 0 N–H and O–H groups in total. The van der Waals surface area contributed by atoms with Crippen LogP contribution < -0.4 is 0 Å². The van der Waals surface area contributed by atoms with Gasteiger partial charge in [-0.05, 0) is 24.1 Å². The van der Waals surface area contributed by atoms with Crippen LogP contribution in [0.1, 0.15) is 14.9 Å². The van der Waals surface area contributed by atoms with Crippen LogP contribution in [0.4, 0.5) is 0 Å². The highest BCUT2D eigenvalue weighted by Gasteiger charge is 2.06. The topological polar surface area (TPSA) is 0 Å². The molecular formula is C8H7Br3. The summed E-state index contributed by atoms with van der Waals surface area (Å²) in [4.78, 5) is 0. The summed E-state index contributed by atoms with van der Waals surface area (Å²) in [5, 5.41) is 0. The predicted octanol–water partition coefficient (Wildman–Crippen LogP) is 4.55. The fourth-order valence-corrected chi connectivity index (χ4v) is 2.23. The summed E-state index contributed by atoms with van der Waals surface area (Å²) in [5.74, 6) is 0. The van der Waals surface area contributed by atoms with Crippen molar-refractivity contribution in [1.82, 2.24) is 0 Å². The van der Waals surface area contributed by atoms with E-state index >= 15 is 0 Å². The van der Waals surface area contributed by atoms with E-state index in [0.29, 0.717) is 0 Å². The van der Waals surface area contributed by atoms with Crippen LogP contribution in [0.3, 0.4) is 0 Å². The Hall–Kier alpha value is 0.660.